The van der Waals surface area contributed by atoms with Crippen molar-refractivity contribution in [3.63, 3.8) is 0 Å². The average Bonchev–Trinajstić information content (AvgIpc) is 3.22. The van der Waals surface area contributed by atoms with E-state index in [0.717, 1.165) is 49.1 Å². The number of nitrogens with one attached hydrogen (secondary N) is 1. The van der Waals surface area contributed by atoms with Crippen molar-refractivity contribution in [2.24, 2.45) is 0 Å². The third kappa shape index (κ3) is 4.39. The molecule has 1 aliphatic rings. The van der Waals surface area contributed by atoms with E-state index in [0.29, 0.717) is 6.54 Å². The number of nitrogens with zero attached hydrogens (tertiary/aromatic N) is 4. The lowest BCUT2D eigenvalue weighted by Crippen LogP contribution is -2.49. The molecular weight excluding hydrogens is 374 g/mol. The van der Waals surface area contributed by atoms with Gasteiger partial charge in [-0.3, -0.25) is 14.3 Å². The van der Waals surface area contributed by atoms with Gasteiger partial charge >= 0.3 is 0 Å². The summed E-state index contributed by atoms with van der Waals surface area (Å²) in [6, 6.07) is 14.5. The predicted molar refractivity (Wildman–Crippen MR) is 121 cm³/mol. The highest BCUT2D eigenvalue weighted by Crippen LogP contribution is 2.21. The van der Waals surface area contributed by atoms with E-state index in [1.807, 2.05) is 31.5 Å². The number of aromatic nitrogens is 2. The molecule has 4 rings (SSSR count). The maximum atomic E-state index is 12.5. The first kappa shape index (κ1) is 20.2. The fraction of sp³-hybridized carbons (Fsp3) is 0.333. The molecule has 0 atom stereocenters. The first-order valence-corrected chi connectivity index (χ1v) is 10.4. The van der Waals surface area contributed by atoms with Crippen molar-refractivity contribution in [1.29, 1.82) is 0 Å². The number of carbonyl (C=O) groups is 1. The molecule has 0 radical (unpaired) electrons. The van der Waals surface area contributed by atoms with Crippen molar-refractivity contribution in [2.45, 2.75) is 20.8 Å². The number of hydrogen-bond donors (Lipinski definition) is 1. The molecule has 2 aromatic carbocycles. The number of benzene rings is 2. The summed E-state index contributed by atoms with van der Waals surface area (Å²) in [5.41, 5.74) is 5.57. The molecular formula is C24H29N5O. The van der Waals surface area contributed by atoms with Crippen molar-refractivity contribution in [2.75, 3.05) is 42.9 Å². The minimum atomic E-state index is 0.0401. The Morgan fingerprint density at radius 3 is 2.47 bits per heavy atom. The van der Waals surface area contributed by atoms with E-state index < -0.39 is 0 Å². The Morgan fingerprint density at radius 1 is 1.00 bits per heavy atom. The third-order valence-electron chi connectivity index (χ3n) is 5.83. The van der Waals surface area contributed by atoms with E-state index in [2.05, 4.69) is 68.8 Å². The molecule has 0 spiro atoms. The molecule has 1 amide bonds. The van der Waals surface area contributed by atoms with E-state index in [-0.39, 0.29) is 5.91 Å². The highest BCUT2D eigenvalue weighted by atomic mass is 16.2. The van der Waals surface area contributed by atoms with Crippen molar-refractivity contribution in [3.8, 4) is 5.69 Å². The summed E-state index contributed by atoms with van der Waals surface area (Å²) >= 11 is 0. The zero-order valence-corrected chi connectivity index (χ0v) is 17.9. The molecule has 6 nitrogen and oxygen atoms in total. The topological polar surface area (TPSA) is 53.4 Å². The van der Waals surface area contributed by atoms with E-state index in [9.17, 15) is 4.79 Å². The number of piperazine rings is 1. The number of carbonyl (C=O) groups excluding carboxylic acids is 1. The summed E-state index contributed by atoms with van der Waals surface area (Å²) in [4.78, 5) is 21.6. The molecule has 0 unspecified atom stereocenters. The number of aryl methyl sites for hydroxylation is 2. The van der Waals surface area contributed by atoms with Gasteiger partial charge in [-0.05, 0) is 50.1 Å². The summed E-state index contributed by atoms with van der Waals surface area (Å²) in [5.74, 6) is 0.997. The van der Waals surface area contributed by atoms with Gasteiger partial charge in [0, 0.05) is 49.9 Å². The third-order valence-corrected chi connectivity index (χ3v) is 5.83. The lowest BCUT2D eigenvalue weighted by molar-refractivity contribution is -0.117. The van der Waals surface area contributed by atoms with Crippen LogP contribution in [0.25, 0.3) is 5.69 Å². The number of amides is 1. The lowest BCUT2D eigenvalue weighted by atomic mass is 10.1. The van der Waals surface area contributed by atoms with E-state index >= 15 is 0 Å². The molecule has 30 heavy (non-hydrogen) atoms. The van der Waals surface area contributed by atoms with Crippen LogP contribution in [0.3, 0.4) is 0 Å². The quantitative estimate of drug-likeness (QED) is 0.708. The van der Waals surface area contributed by atoms with Crippen LogP contribution >= 0.6 is 0 Å². The maximum Gasteiger partial charge on any atom is 0.238 e. The highest BCUT2D eigenvalue weighted by molar-refractivity contribution is 5.93. The summed E-state index contributed by atoms with van der Waals surface area (Å²) in [7, 11) is 0. The molecule has 1 aromatic heterocycles. The fourth-order valence-corrected chi connectivity index (χ4v) is 3.82. The minimum Gasteiger partial charge on any atom is -0.339 e. The molecule has 0 saturated carbocycles. The van der Waals surface area contributed by atoms with Gasteiger partial charge in [-0.15, -0.1) is 0 Å². The van der Waals surface area contributed by atoms with Crippen LogP contribution in [0.15, 0.2) is 54.9 Å². The van der Waals surface area contributed by atoms with Crippen molar-refractivity contribution < 1.29 is 4.79 Å². The smallest absolute Gasteiger partial charge is 0.238 e. The van der Waals surface area contributed by atoms with Crippen LogP contribution in [0.1, 0.15) is 16.7 Å². The largest absolute Gasteiger partial charge is 0.339 e. The van der Waals surface area contributed by atoms with Crippen LogP contribution in [0.2, 0.25) is 0 Å². The van der Waals surface area contributed by atoms with Gasteiger partial charge in [0.15, 0.2) is 0 Å². The normalized spacial score (nSPS) is 14.7. The Morgan fingerprint density at radius 2 is 1.73 bits per heavy atom. The van der Waals surface area contributed by atoms with E-state index in [1.165, 1.54) is 11.1 Å². The Bertz CT molecular complexity index is 1020. The second-order valence-corrected chi connectivity index (χ2v) is 7.99. The van der Waals surface area contributed by atoms with Crippen LogP contribution in [0.5, 0.6) is 0 Å². The van der Waals surface area contributed by atoms with Gasteiger partial charge in [0.1, 0.15) is 0 Å². The average molecular weight is 404 g/mol. The minimum absolute atomic E-state index is 0.0401. The van der Waals surface area contributed by atoms with Crippen molar-refractivity contribution >= 4 is 17.5 Å². The molecule has 1 fully saturated rings. The molecule has 0 bridgehead atoms. The highest BCUT2D eigenvalue weighted by Gasteiger charge is 2.22. The molecule has 3 aromatic rings. The monoisotopic (exact) mass is 403 g/mol. The van der Waals surface area contributed by atoms with Crippen LogP contribution in [-0.2, 0) is 4.79 Å². The number of imidazole rings is 1. The summed E-state index contributed by atoms with van der Waals surface area (Å²) in [6.45, 7) is 9.97. The SMILES string of the molecule is Cc1ccc(-n2ccnc2N2CCN(CC(=O)Nc3cccc(C)c3C)CC2)cc1. The second kappa shape index (κ2) is 8.71. The Kier molecular flexibility index (Phi) is 5.86. The van der Waals surface area contributed by atoms with Gasteiger partial charge in [-0.1, -0.05) is 29.8 Å². The van der Waals surface area contributed by atoms with E-state index in [1.54, 1.807) is 0 Å². The predicted octanol–water partition coefficient (Wildman–Crippen LogP) is 3.56. The maximum absolute atomic E-state index is 12.5. The number of rotatable bonds is 5. The Balaban J connectivity index is 1.35. The van der Waals surface area contributed by atoms with Crippen LogP contribution < -0.4 is 10.2 Å². The van der Waals surface area contributed by atoms with Gasteiger partial charge in [0.25, 0.3) is 0 Å². The second-order valence-electron chi connectivity index (χ2n) is 7.99. The van der Waals surface area contributed by atoms with Crippen molar-refractivity contribution in [3.05, 3.63) is 71.5 Å². The molecule has 0 aliphatic carbocycles. The first-order chi connectivity index (χ1) is 14.5. The zero-order valence-electron chi connectivity index (χ0n) is 17.9. The molecule has 6 heteroatoms. The van der Waals surface area contributed by atoms with Gasteiger partial charge in [0.2, 0.25) is 11.9 Å². The standard InChI is InChI=1S/C24H29N5O/c1-18-7-9-21(10-8-18)29-12-11-25-24(29)28-15-13-27(14-16-28)17-23(30)26-22-6-4-5-19(2)20(22)3/h4-12H,13-17H2,1-3H3,(H,26,30). The Hall–Kier alpha value is -3.12. The molecule has 2 heterocycles. The molecule has 1 saturated heterocycles. The van der Waals surface area contributed by atoms with Gasteiger partial charge < -0.3 is 10.2 Å². The first-order valence-electron chi connectivity index (χ1n) is 10.4. The summed E-state index contributed by atoms with van der Waals surface area (Å²) < 4.78 is 2.13. The number of anilines is 2. The fourth-order valence-electron chi connectivity index (χ4n) is 3.82. The zero-order chi connectivity index (χ0) is 21.1. The van der Waals surface area contributed by atoms with Gasteiger partial charge in [-0.2, -0.15) is 0 Å². The Labute approximate surface area is 178 Å². The van der Waals surface area contributed by atoms with Crippen LogP contribution in [-0.4, -0.2) is 53.1 Å². The summed E-state index contributed by atoms with van der Waals surface area (Å²) in [5, 5.41) is 3.06. The summed E-state index contributed by atoms with van der Waals surface area (Å²) in [6.07, 6.45) is 3.85. The molecule has 1 N–H and O–H groups in total. The van der Waals surface area contributed by atoms with E-state index in [4.69, 9.17) is 0 Å². The van der Waals surface area contributed by atoms with Crippen LogP contribution in [0.4, 0.5) is 11.6 Å². The molecule has 156 valence electrons. The lowest BCUT2D eigenvalue weighted by Gasteiger charge is -2.35. The number of hydrogen-bond acceptors (Lipinski definition) is 4. The van der Waals surface area contributed by atoms with Crippen LogP contribution in [0, 0.1) is 20.8 Å². The van der Waals surface area contributed by atoms with Gasteiger partial charge in [0.05, 0.1) is 6.54 Å². The van der Waals surface area contributed by atoms with Crippen molar-refractivity contribution in [1.82, 2.24) is 14.5 Å². The molecule has 1 aliphatic heterocycles. The van der Waals surface area contributed by atoms with Gasteiger partial charge in [-0.25, -0.2) is 4.98 Å².